The zero-order valence-electron chi connectivity index (χ0n) is 23.8. The molecule has 9 heteroatoms. The molecule has 2 amide bonds. The smallest absolute Gasteiger partial charge is 0.251 e. The van der Waals surface area contributed by atoms with E-state index in [1.54, 1.807) is 36.7 Å². The van der Waals surface area contributed by atoms with Gasteiger partial charge in [0.25, 0.3) is 5.91 Å². The van der Waals surface area contributed by atoms with Crippen molar-refractivity contribution in [1.82, 2.24) is 10.3 Å². The number of aromatic nitrogens is 1. The summed E-state index contributed by atoms with van der Waals surface area (Å²) < 4.78 is 32.4. The molecule has 1 atom stereocenters. The average molecular weight is 585 g/mol. The van der Waals surface area contributed by atoms with Gasteiger partial charge in [-0.05, 0) is 70.0 Å². The molecule has 4 aromatic rings. The highest BCUT2D eigenvalue weighted by Gasteiger charge is 2.23. The first-order valence-corrected chi connectivity index (χ1v) is 15.2. The molecule has 3 aromatic carbocycles. The molecule has 0 bridgehead atoms. The lowest BCUT2D eigenvalue weighted by Gasteiger charge is -2.22. The fourth-order valence-corrected chi connectivity index (χ4v) is 4.86. The number of amides is 2. The summed E-state index contributed by atoms with van der Waals surface area (Å²) in [6, 6.07) is 26.3. The molecule has 2 N–H and O–H groups in total. The topological polar surface area (TPSA) is 128 Å². The highest BCUT2D eigenvalue weighted by molar-refractivity contribution is 7.85. The van der Waals surface area contributed by atoms with Gasteiger partial charge in [0.05, 0.1) is 21.8 Å². The minimum Gasteiger partial charge on any atom is -0.748 e. The van der Waals surface area contributed by atoms with Crippen LogP contribution in [0.5, 0.6) is 0 Å². The molecule has 4 rings (SSSR count). The number of benzene rings is 3. The number of pyridine rings is 1. The summed E-state index contributed by atoms with van der Waals surface area (Å²) in [6.45, 7) is 6.15. The molecule has 0 aliphatic heterocycles. The first-order chi connectivity index (χ1) is 19.9. The number of hydrogen-bond acceptors (Lipinski definition) is 6. The Morgan fingerprint density at radius 3 is 2.12 bits per heavy atom. The molecule has 1 unspecified atom stereocenters. The van der Waals surface area contributed by atoms with Crippen LogP contribution >= 0.6 is 0 Å². The zero-order valence-corrected chi connectivity index (χ0v) is 24.6. The van der Waals surface area contributed by atoms with E-state index in [1.807, 2.05) is 60.7 Å². The number of nitrogens with one attached hydrogen (secondary N) is 2. The Bertz CT molecular complexity index is 1610. The van der Waals surface area contributed by atoms with Crippen LogP contribution in [-0.4, -0.2) is 42.1 Å². The van der Waals surface area contributed by atoms with Crippen LogP contribution in [0.3, 0.4) is 0 Å². The molecular weight excluding hydrogens is 550 g/mol. The quantitative estimate of drug-likeness (QED) is 0.244. The second-order valence-corrected chi connectivity index (χ2v) is 12.7. The molecular formula is C33H34N3O5S-. The summed E-state index contributed by atoms with van der Waals surface area (Å²) in [7, 11) is -4.41. The van der Waals surface area contributed by atoms with Gasteiger partial charge in [0.15, 0.2) is 0 Å². The molecule has 0 aliphatic carbocycles. The Morgan fingerprint density at radius 1 is 0.881 bits per heavy atom. The average Bonchev–Trinajstić information content (AvgIpc) is 2.96. The van der Waals surface area contributed by atoms with Crippen molar-refractivity contribution in [2.24, 2.45) is 0 Å². The number of hydrogen-bond donors (Lipinski definition) is 2. The van der Waals surface area contributed by atoms with E-state index < -0.39 is 27.7 Å². The number of carbonyl (C=O) groups excluding carboxylic acids is 2. The van der Waals surface area contributed by atoms with Crippen LogP contribution in [0.1, 0.15) is 53.7 Å². The van der Waals surface area contributed by atoms with Crippen molar-refractivity contribution in [3.05, 3.63) is 120 Å². The Balaban J connectivity index is 1.52. The molecule has 1 heterocycles. The first-order valence-electron chi connectivity index (χ1n) is 13.6. The number of anilines is 1. The van der Waals surface area contributed by atoms with E-state index in [0.29, 0.717) is 17.7 Å². The summed E-state index contributed by atoms with van der Waals surface area (Å²) in [5.41, 5.74) is 5.84. The van der Waals surface area contributed by atoms with Crippen LogP contribution in [0.25, 0.3) is 11.1 Å². The van der Waals surface area contributed by atoms with E-state index in [9.17, 15) is 22.6 Å². The van der Waals surface area contributed by atoms with Gasteiger partial charge >= 0.3 is 0 Å². The SMILES string of the molecule is CC(C)(C)c1ccc(C(Cc2ccc(C(=O)NCCS(=O)(=O)[O-])cc2)C(=O)Nc2ccc(-c3cccnc3)cc2)cc1. The van der Waals surface area contributed by atoms with Crippen LogP contribution in [-0.2, 0) is 26.7 Å². The van der Waals surface area contributed by atoms with Crippen LogP contribution < -0.4 is 10.6 Å². The van der Waals surface area contributed by atoms with E-state index in [-0.39, 0.29) is 17.9 Å². The normalized spacial score (nSPS) is 12.4. The standard InChI is InChI=1S/C33H35N3O5S/c1-33(2,3)28-14-10-25(11-15-28)30(21-23-6-8-26(9-7-23)31(37)35-19-20-42(39,40)41)32(38)36-29-16-12-24(13-17-29)27-5-4-18-34-22-27/h4-18,22,30H,19-21H2,1-3H3,(H,35,37)(H,36,38)(H,39,40,41)/p-1. The molecule has 0 radical (unpaired) electrons. The van der Waals surface area contributed by atoms with Crippen molar-refractivity contribution in [2.75, 3.05) is 17.6 Å². The molecule has 1 aromatic heterocycles. The third-order valence-corrected chi connectivity index (χ3v) is 7.64. The fourth-order valence-electron chi connectivity index (χ4n) is 4.51. The molecule has 0 aliphatic rings. The van der Waals surface area contributed by atoms with Gasteiger partial charge in [0.2, 0.25) is 5.91 Å². The van der Waals surface area contributed by atoms with Gasteiger partial charge in [-0.25, -0.2) is 8.42 Å². The lowest BCUT2D eigenvalue weighted by atomic mass is 9.84. The van der Waals surface area contributed by atoms with Crippen molar-refractivity contribution in [2.45, 2.75) is 38.5 Å². The second-order valence-electron chi connectivity index (χ2n) is 11.2. The Labute approximate surface area is 247 Å². The van der Waals surface area contributed by atoms with Crippen molar-refractivity contribution < 1.29 is 22.6 Å². The van der Waals surface area contributed by atoms with Crippen molar-refractivity contribution in [1.29, 1.82) is 0 Å². The minimum absolute atomic E-state index is 0.0272. The molecule has 0 saturated heterocycles. The summed E-state index contributed by atoms with van der Waals surface area (Å²) in [5.74, 6) is -1.81. The van der Waals surface area contributed by atoms with Crippen molar-refractivity contribution in [3.63, 3.8) is 0 Å². The molecule has 8 nitrogen and oxygen atoms in total. The summed E-state index contributed by atoms with van der Waals surface area (Å²) in [6.07, 6.45) is 3.90. The van der Waals surface area contributed by atoms with Crippen LogP contribution in [0.15, 0.2) is 97.3 Å². The van der Waals surface area contributed by atoms with E-state index in [1.165, 1.54) is 0 Å². The number of carbonyl (C=O) groups is 2. The van der Waals surface area contributed by atoms with Gasteiger partial charge in [0.1, 0.15) is 0 Å². The third kappa shape index (κ3) is 8.58. The van der Waals surface area contributed by atoms with Gasteiger partial charge in [-0.2, -0.15) is 0 Å². The maximum absolute atomic E-state index is 13.7. The van der Waals surface area contributed by atoms with Gasteiger partial charge < -0.3 is 15.2 Å². The van der Waals surface area contributed by atoms with Crippen molar-refractivity contribution in [3.8, 4) is 11.1 Å². The number of nitrogens with zero attached hydrogens (tertiary/aromatic N) is 1. The lowest BCUT2D eigenvalue weighted by molar-refractivity contribution is -0.117. The van der Waals surface area contributed by atoms with Gasteiger partial charge in [-0.1, -0.05) is 75.4 Å². The van der Waals surface area contributed by atoms with Crippen LogP contribution in [0.2, 0.25) is 0 Å². The molecule has 218 valence electrons. The summed E-state index contributed by atoms with van der Waals surface area (Å²) in [4.78, 5) is 30.2. The Kier molecular flexibility index (Phi) is 9.55. The van der Waals surface area contributed by atoms with Gasteiger partial charge in [-0.3, -0.25) is 14.6 Å². The predicted octanol–water partition coefficient (Wildman–Crippen LogP) is 5.29. The highest BCUT2D eigenvalue weighted by atomic mass is 32.2. The lowest BCUT2D eigenvalue weighted by Crippen LogP contribution is -2.29. The van der Waals surface area contributed by atoms with Crippen molar-refractivity contribution >= 4 is 27.6 Å². The summed E-state index contributed by atoms with van der Waals surface area (Å²) in [5, 5.41) is 5.49. The Hall–Kier alpha value is -4.34. The van der Waals surface area contributed by atoms with Crippen LogP contribution in [0.4, 0.5) is 5.69 Å². The predicted molar refractivity (Wildman–Crippen MR) is 163 cm³/mol. The van der Waals surface area contributed by atoms with E-state index in [0.717, 1.165) is 27.8 Å². The van der Waals surface area contributed by atoms with Crippen LogP contribution in [0, 0.1) is 0 Å². The van der Waals surface area contributed by atoms with Gasteiger partial charge in [-0.15, -0.1) is 0 Å². The third-order valence-electron chi connectivity index (χ3n) is 6.94. The molecule has 0 saturated carbocycles. The second kappa shape index (κ2) is 13.1. The van der Waals surface area contributed by atoms with E-state index in [2.05, 4.69) is 36.4 Å². The fraction of sp³-hybridized carbons (Fsp3) is 0.242. The minimum atomic E-state index is -4.41. The van der Waals surface area contributed by atoms with Gasteiger partial charge in [0, 0.05) is 30.2 Å². The maximum atomic E-state index is 13.7. The molecule has 0 fully saturated rings. The van der Waals surface area contributed by atoms with E-state index in [4.69, 9.17) is 0 Å². The molecule has 0 spiro atoms. The number of rotatable bonds is 10. The Morgan fingerprint density at radius 2 is 1.55 bits per heavy atom. The summed E-state index contributed by atoms with van der Waals surface area (Å²) >= 11 is 0. The highest BCUT2D eigenvalue weighted by Crippen LogP contribution is 2.28. The van der Waals surface area contributed by atoms with E-state index >= 15 is 0 Å². The maximum Gasteiger partial charge on any atom is 0.251 e. The first kappa shape index (κ1) is 30.6. The zero-order chi connectivity index (χ0) is 30.3. The monoisotopic (exact) mass is 584 g/mol. The molecule has 42 heavy (non-hydrogen) atoms. The largest absolute Gasteiger partial charge is 0.748 e.